The Morgan fingerprint density at radius 3 is 1.40 bits per heavy atom. The summed E-state index contributed by atoms with van der Waals surface area (Å²) in [6, 6.07) is 5.83. The van der Waals surface area contributed by atoms with Crippen molar-refractivity contribution in [1.82, 2.24) is 29.0 Å². The Balaban J connectivity index is 0.00000676. The summed E-state index contributed by atoms with van der Waals surface area (Å²) < 4.78 is 6.20. The third-order valence-corrected chi connectivity index (χ3v) is 7.36. The van der Waals surface area contributed by atoms with E-state index in [0.717, 1.165) is 0 Å². The van der Waals surface area contributed by atoms with Crippen molar-refractivity contribution >= 4 is 82.6 Å². The van der Waals surface area contributed by atoms with E-state index >= 15 is 0 Å². The molecular formula is C31H38Cl2N12O5. The number of amides is 5. The number of nitrogens with one attached hydrogen (secondary N) is 6. The number of hydrogen-bond acceptors (Lipinski definition) is 7. The smallest absolute Gasteiger partial charge is 0.272 e. The van der Waals surface area contributed by atoms with Gasteiger partial charge in [0.25, 0.3) is 29.5 Å². The fraction of sp³-hybridized carbons (Fsp3) is 0.226. The molecule has 4 rings (SSSR count). The molecule has 0 bridgehead atoms. The van der Waals surface area contributed by atoms with Crippen LogP contribution >= 0.6 is 24.0 Å². The molecule has 17 nitrogen and oxygen atoms in total. The second kappa shape index (κ2) is 16.6. The van der Waals surface area contributed by atoms with Crippen LogP contribution in [0, 0.1) is 0 Å². The van der Waals surface area contributed by atoms with E-state index in [1.165, 1.54) is 29.1 Å². The Hall–Kier alpha value is -5.78. The van der Waals surface area contributed by atoms with E-state index in [2.05, 4.69) is 43.6 Å². The van der Waals surface area contributed by atoms with Gasteiger partial charge < -0.3 is 50.3 Å². The predicted molar refractivity (Wildman–Crippen MR) is 194 cm³/mol. The first-order valence-corrected chi connectivity index (χ1v) is 15.1. The van der Waals surface area contributed by atoms with Crippen LogP contribution in [0.15, 0.2) is 65.7 Å². The van der Waals surface area contributed by atoms with Gasteiger partial charge in [-0.15, -0.1) is 12.4 Å². The van der Waals surface area contributed by atoms with Crippen molar-refractivity contribution in [3.8, 4) is 0 Å². The minimum Gasteiger partial charge on any atom is -0.349 e. The van der Waals surface area contributed by atoms with Crippen molar-refractivity contribution < 1.29 is 24.0 Å². The SMILES string of the molecule is C=C(Cl)C(=O)Nc1cc(C(=O)Nc2cc(C(=O)Nc3cc(C(=O)Nc4cc(C(=O)NCC(C)N=CNN)n(C)c4)n(C)c3)n(C)c2)n(C)c1.Cl. The number of aromatic nitrogens is 4. The summed E-state index contributed by atoms with van der Waals surface area (Å²) in [6.45, 7) is 5.46. The van der Waals surface area contributed by atoms with Crippen LogP contribution in [0.1, 0.15) is 48.9 Å². The number of carbonyl (C=O) groups is 5. The third kappa shape index (κ3) is 9.43. The standard InChI is InChI=1S/C31H37ClN12O5.ClH/c1-17(35-16-36-33)11-34-28(46)23-7-20(13-41(23)3)38-30(48)25-9-22(15-43(25)5)40-31(49)26-10-21(14-44(26)6)39-29(47)24-8-19(12-42(24)4)37-27(45)18(2)32;/h7-10,12-17H,2,11,33H2,1,3-6H3,(H,34,46)(H,35,36)(H,37,45)(H,38,48)(H,39,47)(H,40,49);1H. The zero-order valence-electron chi connectivity index (χ0n) is 27.8. The van der Waals surface area contributed by atoms with E-state index in [0.29, 0.717) is 28.4 Å². The Morgan fingerprint density at radius 2 is 1.06 bits per heavy atom. The van der Waals surface area contributed by atoms with Gasteiger partial charge in [-0.3, -0.25) is 29.0 Å². The van der Waals surface area contributed by atoms with Crippen LogP contribution in [-0.4, -0.2) is 66.7 Å². The topological polar surface area (TPSA) is 216 Å². The highest BCUT2D eigenvalue weighted by molar-refractivity contribution is 6.43. The highest BCUT2D eigenvalue weighted by atomic mass is 35.5. The van der Waals surface area contributed by atoms with Gasteiger partial charge in [-0.25, -0.2) is 5.84 Å². The summed E-state index contributed by atoms with van der Waals surface area (Å²) in [5, 5.41) is 13.4. The monoisotopic (exact) mass is 728 g/mol. The molecule has 19 heteroatoms. The summed E-state index contributed by atoms with van der Waals surface area (Å²) in [4.78, 5) is 67.8. The number of nitrogens with zero attached hydrogens (tertiary/aromatic N) is 5. The molecule has 0 aliphatic rings. The maximum atomic E-state index is 13.2. The molecule has 0 aliphatic heterocycles. The minimum atomic E-state index is -0.592. The largest absolute Gasteiger partial charge is 0.349 e. The maximum absolute atomic E-state index is 13.2. The number of aliphatic imine (C=N–C) groups is 1. The second-order valence-electron chi connectivity index (χ2n) is 11.1. The van der Waals surface area contributed by atoms with Gasteiger partial charge in [0.15, 0.2) is 0 Å². The molecule has 0 saturated heterocycles. The molecule has 266 valence electrons. The van der Waals surface area contributed by atoms with Gasteiger partial charge in [-0.2, -0.15) is 0 Å². The third-order valence-electron chi connectivity index (χ3n) is 7.19. The molecule has 4 heterocycles. The number of hydrazine groups is 1. The lowest BCUT2D eigenvalue weighted by Crippen LogP contribution is -2.32. The van der Waals surface area contributed by atoms with E-state index in [1.807, 2.05) is 6.92 Å². The Kier molecular flexibility index (Phi) is 12.8. The van der Waals surface area contributed by atoms with Crippen molar-refractivity contribution in [3.05, 3.63) is 83.4 Å². The highest BCUT2D eigenvalue weighted by Crippen LogP contribution is 2.21. The Bertz CT molecular complexity index is 1970. The van der Waals surface area contributed by atoms with Crippen LogP contribution in [-0.2, 0) is 33.0 Å². The van der Waals surface area contributed by atoms with E-state index in [1.54, 1.807) is 72.7 Å². The zero-order chi connectivity index (χ0) is 36.0. The number of nitrogens with two attached hydrogens (primary N) is 1. The van der Waals surface area contributed by atoms with Gasteiger partial charge in [0.2, 0.25) is 0 Å². The lowest BCUT2D eigenvalue weighted by atomic mass is 10.3. The molecule has 1 unspecified atom stereocenters. The van der Waals surface area contributed by atoms with Crippen molar-refractivity contribution in [2.24, 2.45) is 39.0 Å². The fourth-order valence-electron chi connectivity index (χ4n) is 4.77. The van der Waals surface area contributed by atoms with Crippen molar-refractivity contribution in [2.75, 3.05) is 27.8 Å². The second-order valence-corrected chi connectivity index (χ2v) is 11.6. The molecule has 0 spiro atoms. The summed E-state index contributed by atoms with van der Waals surface area (Å²) >= 11 is 5.61. The van der Waals surface area contributed by atoms with Crippen molar-refractivity contribution in [3.63, 3.8) is 0 Å². The zero-order valence-corrected chi connectivity index (χ0v) is 29.4. The van der Waals surface area contributed by atoms with Crippen LogP contribution in [0.3, 0.4) is 0 Å². The van der Waals surface area contributed by atoms with Crippen LogP contribution in [0.4, 0.5) is 22.7 Å². The molecule has 8 N–H and O–H groups in total. The maximum Gasteiger partial charge on any atom is 0.272 e. The lowest BCUT2D eigenvalue weighted by Gasteiger charge is -2.08. The molecule has 0 radical (unpaired) electrons. The quantitative estimate of drug-likeness (QED) is 0.0359. The molecule has 0 aliphatic carbocycles. The van der Waals surface area contributed by atoms with Gasteiger partial charge in [-0.1, -0.05) is 18.2 Å². The molecule has 0 fully saturated rings. The first kappa shape index (κ1) is 38.7. The summed E-state index contributed by atoms with van der Waals surface area (Å²) in [5.41, 5.74) is 4.84. The highest BCUT2D eigenvalue weighted by Gasteiger charge is 2.20. The predicted octanol–water partition coefficient (Wildman–Crippen LogP) is 2.52. The summed E-state index contributed by atoms with van der Waals surface area (Å²) in [5.74, 6) is 2.82. The van der Waals surface area contributed by atoms with Gasteiger partial charge in [-0.05, 0) is 31.2 Å². The normalized spacial score (nSPS) is 11.3. The van der Waals surface area contributed by atoms with Crippen molar-refractivity contribution in [1.29, 1.82) is 0 Å². The lowest BCUT2D eigenvalue weighted by molar-refractivity contribution is -0.112. The molecule has 4 aromatic rings. The van der Waals surface area contributed by atoms with Crippen LogP contribution < -0.4 is 37.9 Å². The van der Waals surface area contributed by atoms with Gasteiger partial charge in [0.1, 0.15) is 22.8 Å². The molecule has 0 aromatic carbocycles. The van der Waals surface area contributed by atoms with Gasteiger partial charge in [0.05, 0.1) is 40.2 Å². The number of rotatable bonds is 13. The number of anilines is 4. The number of carbonyl (C=O) groups excluding carboxylic acids is 5. The first-order valence-electron chi connectivity index (χ1n) is 14.7. The summed E-state index contributed by atoms with van der Waals surface area (Å²) in [6.07, 6.45) is 7.64. The van der Waals surface area contributed by atoms with Crippen LogP contribution in [0.25, 0.3) is 0 Å². The molecule has 5 amide bonds. The Labute approximate surface area is 298 Å². The van der Waals surface area contributed by atoms with Crippen LogP contribution in [0.5, 0.6) is 0 Å². The van der Waals surface area contributed by atoms with E-state index in [4.69, 9.17) is 17.4 Å². The fourth-order valence-corrected chi connectivity index (χ4v) is 4.82. The molecule has 1 atom stereocenters. The van der Waals surface area contributed by atoms with Crippen molar-refractivity contribution in [2.45, 2.75) is 13.0 Å². The van der Waals surface area contributed by atoms with E-state index < -0.39 is 23.6 Å². The van der Waals surface area contributed by atoms with Gasteiger partial charge in [0, 0.05) is 59.5 Å². The summed E-state index contributed by atoms with van der Waals surface area (Å²) in [7, 11) is 6.62. The number of hydrogen-bond donors (Lipinski definition) is 7. The minimum absolute atomic E-state index is 0. The number of halogens is 2. The molecular weight excluding hydrogens is 691 g/mol. The van der Waals surface area contributed by atoms with Crippen LogP contribution in [0.2, 0.25) is 0 Å². The van der Waals surface area contributed by atoms with Gasteiger partial charge >= 0.3 is 0 Å². The number of aryl methyl sites for hydroxylation is 4. The Morgan fingerprint density at radius 1 is 0.720 bits per heavy atom. The molecule has 50 heavy (non-hydrogen) atoms. The average molecular weight is 730 g/mol. The average Bonchev–Trinajstić information content (AvgIpc) is 3.79. The first-order chi connectivity index (χ1) is 23.2. The van der Waals surface area contributed by atoms with E-state index in [-0.39, 0.29) is 53.0 Å². The van der Waals surface area contributed by atoms with E-state index in [9.17, 15) is 24.0 Å². The molecule has 4 aromatic heterocycles. The molecule has 0 saturated carbocycles.